The van der Waals surface area contributed by atoms with Gasteiger partial charge in [0, 0.05) is 38.8 Å². The molecule has 2 fully saturated rings. The van der Waals surface area contributed by atoms with E-state index in [-0.39, 0.29) is 18.5 Å². The topological polar surface area (TPSA) is 76.6 Å². The van der Waals surface area contributed by atoms with Gasteiger partial charge in [0.25, 0.3) is 0 Å². The summed E-state index contributed by atoms with van der Waals surface area (Å²) >= 11 is 0. The summed E-state index contributed by atoms with van der Waals surface area (Å²) in [4.78, 5) is 27.5. The minimum absolute atomic E-state index is 0.0122. The van der Waals surface area contributed by atoms with Crippen LogP contribution in [0.2, 0.25) is 0 Å². The maximum atomic E-state index is 13.1. The lowest BCUT2D eigenvalue weighted by molar-refractivity contribution is -0.137. The van der Waals surface area contributed by atoms with E-state index in [4.69, 9.17) is 0 Å². The summed E-state index contributed by atoms with van der Waals surface area (Å²) in [6, 6.07) is 5.66. The number of fused-ring (bicyclic) bond motifs is 1. The molecule has 0 radical (unpaired) electrons. The molecule has 8 nitrogen and oxygen atoms in total. The lowest BCUT2D eigenvalue weighted by Crippen LogP contribution is -2.50. The van der Waals surface area contributed by atoms with Gasteiger partial charge in [-0.15, -0.1) is 0 Å². The van der Waals surface area contributed by atoms with Gasteiger partial charge in [0.1, 0.15) is 12.0 Å². The molecule has 35 heavy (non-hydrogen) atoms. The lowest BCUT2D eigenvalue weighted by atomic mass is 10.0. The third-order valence-electron chi connectivity index (χ3n) is 7.07. The Bertz CT molecular complexity index is 1030. The predicted molar refractivity (Wildman–Crippen MR) is 127 cm³/mol. The van der Waals surface area contributed by atoms with Crippen molar-refractivity contribution < 1.29 is 18.0 Å². The first-order chi connectivity index (χ1) is 16.9. The van der Waals surface area contributed by atoms with Gasteiger partial charge in [0.2, 0.25) is 5.91 Å². The Labute approximate surface area is 202 Å². The Balaban J connectivity index is 1.33. The van der Waals surface area contributed by atoms with Gasteiger partial charge in [-0.1, -0.05) is 18.6 Å². The fraction of sp³-hybridized carbons (Fsp3) is 0.542. The van der Waals surface area contributed by atoms with E-state index < -0.39 is 11.7 Å². The van der Waals surface area contributed by atoms with Crippen LogP contribution in [0.5, 0.6) is 0 Å². The molecular weight excluding hydrogens is 459 g/mol. The third kappa shape index (κ3) is 5.35. The number of halogens is 3. The van der Waals surface area contributed by atoms with Gasteiger partial charge >= 0.3 is 6.18 Å². The van der Waals surface area contributed by atoms with E-state index in [1.54, 1.807) is 12.1 Å². The largest absolute Gasteiger partial charge is 0.416 e. The van der Waals surface area contributed by atoms with Crippen molar-refractivity contribution in [3.05, 3.63) is 41.7 Å². The molecule has 1 aromatic carbocycles. The number of hydrogen-bond donors (Lipinski definition) is 2. The number of aromatic nitrogens is 2. The number of carbonyl (C=O) groups excluding carboxylic acids is 1. The number of likely N-dealkylation sites (tertiary alicyclic amines) is 1. The molecule has 3 aliphatic heterocycles. The standard InChI is InChI=1S/C24H30F3N7O/c25-24(26,27)18-6-4-17(5-7-18)19(15-32-8-2-1-3-9-32)33-10-12-34(13-11-33)23-21-22(29-16-30-23)28-14-20(35)31-21/h4-7,16,19H,1-3,8-15H2,(H,31,35)(H,28,29,30). The van der Waals surface area contributed by atoms with Crippen molar-refractivity contribution >= 4 is 23.2 Å². The van der Waals surface area contributed by atoms with Gasteiger partial charge in [-0.05, 0) is 43.6 Å². The number of rotatable bonds is 5. The number of piperazine rings is 1. The summed E-state index contributed by atoms with van der Waals surface area (Å²) in [6.45, 7) is 5.89. The molecule has 2 saturated heterocycles. The number of alkyl halides is 3. The first-order valence-corrected chi connectivity index (χ1v) is 12.2. The summed E-state index contributed by atoms with van der Waals surface area (Å²) in [5, 5.41) is 5.89. The van der Waals surface area contributed by atoms with E-state index in [0.29, 0.717) is 30.4 Å². The molecular formula is C24H30F3N7O. The fourth-order valence-corrected chi connectivity index (χ4v) is 5.17. The molecule has 1 atom stereocenters. The second-order valence-electron chi connectivity index (χ2n) is 9.34. The van der Waals surface area contributed by atoms with Crippen LogP contribution in [0.15, 0.2) is 30.6 Å². The number of anilines is 3. The Hall–Kier alpha value is -2.92. The van der Waals surface area contributed by atoms with Crippen LogP contribution in [0.1, 0.15) is 36.4 Å². The van der Waals surface area contributed by atoms with Gasteiger partial charge in [-0.3, -0.25) is 9.69 Å². The molecule has 2 N–H and O–H groups in total. The van der Waals surface area contributed by atoms with Crippen molar-refractivity contribution in [2.24, 2.45) is 0 Å². The molecule has 11 heteroatoms. The van der Waals surface area contributed by atoms with Crippen molar-refractivity contribution in [1.29, 1.82) is 0 Å². The Morgan fingerprint density at radius 2 is 1.66 bits per heavy atom. The highest BCUT2D eigenvalue weighted by Crippen LogP contribution is 2.34. The van der Waals surface area contributed by atoms with E-state index >= 15 is 0 Å². The number of hydrogen-bond acceptors (Lipinski definition) is 7. The molecule has 1 amide bonds. The zero-order valence-electron chi connectivity index (χ0n) is 19.5. The highest BCUT2D eigenvalue weighted by molar-refractivity contribution is 6.02. The summed E-state index contributed by atoms with van der Waals surface area (Å²) in [7, 11) is 0. The quantitative estimate of drug-likeness (QED) is 0.668. The molecule has 0 bridgehead atoms. The van der Waals surface area contributed by atoms with E-state index in [0.717, 1.165) is 51.1 Å². The minimum Gasteiger partial charge on any atom is -0.359 e. The summed E-state index contributed by atoms with van der Waals surface area (Å²) in [5.74, 6) is 1.18. The molecule has 0 saturated carbocycles. The van der Waals surface area contributed by atoms with Crippen LogP contribution >= 0.6 is 0 Å². The first-order valence-electron chi connectivity index (χ1n) is 12.2. The van der Waals surface area contributed by atoms with Gasteiger partial charge < -0.3 is 20.4 Å². The number of nitrogens with zero attached hydrogens (tertiary/aromatic N) is 5. The first kappa shape index (κ1) is 23.8. The number of piperidine rings is 1. The molecule has 0 aliphatic carbocycles. The van der Waals surface area contributed by atoms with Crippen LogP contribution in [0.3, 0.4) is 0 Å². The normalized spacial score (nSPS) is 20.7. The van der Waals surface area contributed by atoms with Crippen LogP contribution < -0.4 is 15.5 Å². The molecule has 1 unspecified atom stereocenters. The number of carbonyl (C=O) groups is 1. The van der Waals surface area contributed by atoms with Gasteiger partial charge in [-0.2, -0.15) is 13.2 Å². The van der Waals surface area contributed by atoms with Crippen molar-refractivity contribution in [2.75, 3.05) is 67.9 Å². The Morgan fingerprint density at radius 1 is 0.943 bits per heavy atom. The van der Waals surface area contributed by atoms with Crippen molar-refractivity contribution in [2.45, 2.75) is 31.5 Å². The Morgan fingerprint density at radius 3 is 2.34 bits per heavy atom. The molecule has 2 aromatic rings. The summed E-state index contributed by atoms with van der Waals surface area (Å²) in [6.07, 6.45) is 0.701. The summed E-state index contributed by atoms with van der Waals surface area (Å²) < 4.78 is 39.4. The lowest BCUT2D eigenvalue weighted by Gasteiger charge is -2.42. The molecule has 3 aliphatic rings. The highest BCUT2D eigenvalue weighted by Gasteiger charge is 2.33. The third-order valence-corrected chi connectivity index (χ3v) is 7.07. The van der Waals surface area contributed by atoms with Crippen molar-refractivity contribution in [1.82, 2.24) is 19.8 Å². The molecule has 4 heterocycles. The van der Waals surface area contributed by atoms with E-state index in [9.17, 15) is 18.0 Å². The Kier molecular flexibility index (Phi) is 6.79. The van der Waals surface area contributed by atoms with Gasteiger partial charge in [0.05, 0.1) is 12.1 Å². The van der Waals surface area contributed by atoms with Crippen LogP contribution in [0, 0.1) is 0 Å². The second-order valence-corrected chi connectivity index (χ2v) is 9.34. The number of amides is 1. The van der Waals surface area contributed by atoms with Crippen molar-refractivity contribution in [3.63, 3.8) is 0 Å². The monoisotopic (exact) mass is 489 g/mol. The zero-order valence-corrected chi connectivity index (χ0v) is 19.5. The smallest absolute Gasteiger partial charge is 0.359 e. The number of nitrogens with one attached hydrogen (secondary N) is 2. The van der Waals surface area contributed by atoms with Gasteiger partial charge in [-0.25, -0.2) is 9.97 Å². The van der Waals surface area contributed by atoms with E-state index in [2.05, 4.69) is 35.3 Å². The predicted octanol–water partition coefficient (Wildman–Crippen LogP) is 3.21. The maximum absolute atomic E-state index is 13.1. The molecule has 188 valence electrons. The fourth-order valence-electron chi connectivity index (χ4n) is 5.17. The molecule has 1 aromatic heterocycles. The van der Waals surface area contributed by atoms with Crippen LogP contribution in [-0.4, -0.2) is 78.0 Å². The van der Waals surface area contributed by atoms with Crippen molar-refractivity contribution in [3.8, 4) is 0 Å². The average molecular weight is 490 g/mol. The van der Waals surface area contributed by atoms with Crippen LogP contribution in [0.25, 0.3) is 0 Å². The summed E-state index contributed by atoms with van der Waals surface area (Å²) in [5.41, 5.74) is 0.893. The molecule has 5 rings (SSSR count). The van der Waals surface area contributed by atoms with E-state index in [1.165, 1.54) is 24.9 Å². The second kappa shape index (κ2) is 9.98. The van der Waals surface area contributed by atoms with E-state index in [1.807, 2.05) is 0 Å². The van der Waals surface area contributed by atoms with Crippen LogP contribution in [0.4, 0.5) is 30.5 Å². The number of benzene rings is 1. The van der Waals surface area contributed by atoms with Gasteiger partial charge in [0.15, 0.2) is 11.6 Å². The molecule has 0 spiro atoms. The zero-order chi connectivity index (χ0) is 24.4. The maximum Gasteiger partial charge on any atom is 0.416 e. The minimum atomic E-state index is -4.34. The SMILES string of the molecule is O=C1CNc2ncnc(N3CCN(C(CN4CCCCC4)c4ccc(C(F)(F)F)cc4)CC3)c2N1. The average Bonchev–Trinajstić information content (AvgIpc) is 2.87. The van der Waals surface area contributed by atoms with Crippen LogP contribution in [-0.2, 0) is 11.0 Å². The highest BCUT2D eigenvalue weighted by atomic mass is 19.4.